The Balaban J connectivity index is 1.56. The van der Waals surface area contributed by atoms with E-state index in [1.807, 2.05) is 36.4 Å². The zero-order valence-electron chi connectivity index (χ0n) is 16.1. The Bertz CT molecular complexity index is 1220. The molecule has 9 heteroatoms. The minimum absolute atomic E-state index is 0.275. The Morgan fingerprint density at radius 3 is 2.73 bits per heavy atom. The van der Waals surface area contributed by atoms with Gasteiger partial charge in [-0.05, 0) is 30.7 Å². The van der Waals surface area contributed by atoms with Gasteiger partial charge in [-0.1, -0.05) is 18.2 Å². The van der Waals surface area contributed by atoms with Crippen LogP contribution < -0.4 is 5.56 Å². The maximum atomic E-state index is 13.0. The van der Waals surface area contributed by atoms with E-state index in [9.17, 15) is 14.4 Å². The standard InChI is InChI=1S/C21H18N2O7/c1-12-8-17-18-14(9-13-4-2-3-5-16(13)22-18)10-23(17)19(25)15(12)11-29-21(27)30-20(26)28-7-6-24/h2-5,8-9,24H,6-7,10-11H2,1H3. The van der Waals surface area contributed by atoms with Crippen LogP contribution in [0.15, 0.2) is 41.2 Å². The predicted molar refractivity (Wildman–Crippen MR) is 105 cm³/mol. The molecule has 0 bridgehead atoms. The molecule has 154 valence electrons. The lowest BCUT2D eigenvalue weighted by Crippen LogP contribution is -2.26. The number of ether oxygens (including phenoxy) is 3. The molecule has 0 spiro atoms. The van der Waals surface area contributed by atoms with Crippen LogP contribution in [0.1, 0.15) is 16.7 Å². The zero-order valence-corrected chi connectivity index (χ0v) is 16.1. The van der Waals surface area contributed by atoms with Gasteiger partial charge in [0.15, 0.2) is 0 Å². The van der Waals surface area contributed by atoms with Crippen LogP contribution in [-0.4, -0.2) is 40.2 Å². The van der Waals surface area contributed by atoms with Crippen molar-refractivity contribution in [1.29, 1.82) is 0 Å². The minimum atomic E-state index is -1.29. The van der Waals surface area contributed by atoms with Crippen molar-refractivity contribution in [3.05, 3.63) is 63.4 Å². The molecular formula is C21H18N2O7. The third-order valence-electron chi connectivity index (χ3n) is 4.81. The summed E-state index contributed by atoms with van der Waals surface area (Å²) in [6, 6.07) is 11.6. The Hall–Kier alpha value is -3.72. The smallest absolute Gasteiger partial charge is 0.431 e. The van der Waals surface area contributed by atoms with Crippen molar-refractivity contribution >= 4 is 23.2 Å². The molecule has 0 aliphatic carbocycles. The molecule has 3 heterocycles. The average Bonchev–Trinajstić information content (AvgIpc) is 3.08. The number of carbonyl (C=O) groups excluding carboxylic acids is 2. The number of aromatic nitrogens is 2. The molecule has 9 nitrogen and oxygen atoms in total. The number of fused-ring (bicyclic) bond motifs is 4. The molecule has 4 rings (SSSR count). The fourth-order valence-corrected chi connectivity index (χ4v) is 3.40. The van der Waals surface area contributed by atoms with E-state index in [-0.39, 0.29) is 24.3 Å². The number of carbonyl (C=O) groups is 2. The van der Waals surface area contributed by atoms with Gasteiger partial charge >= 0.3 is 12.3 Å². The Morgan fingerprint density at radius 1 is 1.17 bits per heavy atom. The van der Waals surface area contributed by atoms with Gasteiger partial charge in [0.05, 0.1) is 35.6 Å². The van der Waals surface area contributed by atoms with Gasteiger partial charge in [0, 0.05) is 10.9 Å². The fraction of sp³-hybridized carbons (Fsp3) is 0.238. The maximum Gasteiger partial charge on any atom is 0.518 e. The first kappa shape index (κ1) is 19.6. The van der Waals surface area contributed by atoms with Crippen LogP contribution in [0.5, 0.6) is 0 Å². The normalized spacial score (nSPS) is 11.7. The Morgan fingerprint density at radius 2 is 1.93 bits per heavy atom. The van der Waals surface area contributed by atoms with E-state index in [2.05, 4.69) is 9.47 Å². The highest BCUT2D eigenvalue weighted by Crippen LogP contribution is 2.32. The molecule has 1 N–H and O–H groups in total. The second-order valence-electron chi connectivity index (χ2n) is 6.73. The number of nitrogens with zero attached hydrogens (tertiary/aromatic N) is 2. The van der Waals surface area contributed by atoms with E-state index in [1.54, 1.807) is 11.5 Å². The first-order valence-corrected chi connectivity index (χ1v) is 9.22. The highest BCUT2D eigenvalue weighted by atomic mass is 16.8. The number of aliphatic hydroxyl groups is 1. The lowest BCUT2D eigenvalue weighted by molar-refractivity contribution is 0.0269. The van der Waals surface area contributed by atoms with E-state index >= 15 is 0 Å². The van der Waals surface area contributed by atoms with E-state index in [1.165, 1.54) is 0 Å². The summed E-state index contributed by atoms with van der Waals surface area (Å²) >= 11 is 0. The van der Waals surface area contributed by atoms with Crippen molar-refractivity contribution in [1.82, 2.24) is 9.55 Å². The topological polar surface area (TPSA) is 117 Å². The van der Waals surface area contributed by atoms with Crippen LogP contribution in [0.25, 0.3) is 22.3 Å². The number of hydrogen-bond donors (Lipinski definition) is 1. The average molecular weight is 410 g/mol. The number of aryl methyl sites for hydroxylation is 1. The van der Waals surface area contributed by atoms with Gasteiger partial charge in [-0.15, -0.1) is 0 Å². The molecule has 0 unspecified atom stereocenters. The lowest BCUT2D eigenvalue weighted by atomic mass is 10.1. The molecule has 2 aromatic heterocycles. The first-order chi connectivity index (χ1) is 14.5. The van der Waals surface area contributed by atoms with Gasteiger partial charge < -0.3 is 23.9 Å². The summed E-state index contributed by atoms with van der Waals surface area (Å²) in [4.78, 5) is 40.5. The van der Waals surface area contributed by atoms with Crippen molar-refractivity contribution in [2.24, 2.45) is 0 Å². The summed E-state index contributed by atoms with van der Waals surface area (Å²) in [5.41, 5.74) is 3.85. The molecule has 1 aliphatic rings. The Labute approximate surface area is 170 Å². The van der Waals surface area contributed by atoms with Crippen molar-refractivity contribution < 1.29 is 28.9 Å². The van der Waals surface area contributed by atoms with Crippen molar-refractivity contribution in [3.8, 4) is 11.4 Å². The fourth-order valence-electron chi connectivity index (χ4n) is 3.40. The van der Waals surface area contributed by atoms with Gasteiger partial charge in [0.2, 0.25) is 0 Å². The third kappa shape index (κ3) is 3.62. The quantitative estimate of drug-likeness (QED) is 0.403. The van der Waals surface area contributed by atoms with Gasteiger partial charge in [-0.2, -0.15) is 0 Å². The summed E-state index contributed by atoms with van der Waals surface area (Å²) in [5, 5.41) is 9.56. The number of benzene rings is 1. The SMILES string of the molecule is Cc1cc2n(c(=O)c1COC(=O)OC(=O)OCCO)Cc1cc3ccccc3nc1-2. The summed E-state index contributed by atoms with van der Waals surface area (Å²) in [6.45, 7) is 1.04. The molecule has 0 atom stereocenters. The van der Waals surface area contributed by atoms with Crippen molar-refractivity contribution in [2.45, 2.75) is 20.1 Å². The van der Waals surface area contributed by atoms with Gasteiger partial charge in [0.1, 0.15) is 13.2 Å². The molecule has 30 heavy (non-hydrogen) atoms. The second-order valence-corrected chi connectivity index (χ2v) is 6.73. The second kappa shape index (κ2) is 7.96. The van der Waals surface area contributed by atoms with Gasteiger partial charge in [0.25, 0.3) is 5.56 Å². The van der Waals surface area contributed by atoms with E-state index in [4.69, 9.17) is 14.8 Å². The summed E-state index contributed by atoms with van der Waals surface area (Å²) in [5.74, 6) is 0. The summed E-state index contributed by atoms with van der Waals surface area (Å²) in [7, 11) is 0. The number of hydrogen-bond acceptors (Lipinski definition) is 8. The van der Waals surface area contributed by atoms with Crippen molar-refractivity contribution in [2.75, 3.05) is 13.2 Å². The zero-order chi connectivity index (χ0) is 21.3. The van der Waals surface area contributed by atoms with E-state index < -0.39 is 18.9 Å². The molecule has 0 saturated carbocycles. The van der Waals surface area contributed by atoms with Crippen molar-refractivity contribution in [3.63, 3.8) is 0 Å². The van der Waals surface area contributed by atoms with Gasteiger partial charge in [-0.25, -0.2) is 14.6 Å². The number of aliphatic hydroxyl groups excluding tert-OH is 1. The van der Waals surface area contributed by atoms with Crippen LogP contribution in [0.3, 0.4) is 0 Å². The third-order valence-corrected chi connectivity index (χ3v) is 4.81. The monoisotopic (exact) mass is 410 g/mol. The summed E-state index contributed by atoms with van der Waals surface area (Å²) in [6.07, 6.45) is -2.58. The van der Waals surface area contributed by atoms with Crippen LogP contribution in [0, 0.1) is 6.92 Å². The van der Waals surface area contributed by atoms with Crippen LogP contribution in [-0.2, 0) is 27.4 Å². The molecular weight excluding hydrogens is 392 g/mol. The highest BCUT2D eigenvalue weighted by Gasteiger charge is 2.25. The number of rotatable bonds is 4. The van der Waals surface area contributed by atoms with E-state index in [0.29, 0.717) is 17.8 Å². The van der Waals surface area contributed by atoms with Crippen LogP contribution in [0.4, 0.5) is 9.59 Å². The summed E-state index contributed by atoms with van der Waals surface area (Å²) < 4.78 is 15.2. The van der Waals surface area contributed by atoms with Crippen LogP contribution >= 0.6 is 0 Å². The molecule has 0 fully saturated rings. The molecule has 0 amide bonds. The number of pyridine rings is 2. The molecule has 0 saturated heterocycles. The van der Waals surface area contributed by atoms with E-state index in [0.717, 1.165) is 22.2 Å². The lowest BCUT2D eigenvalue weighted by Gasteiger charge is -2.11. The number of para-hydroxylation sites is 1. The maximum absolute atomic E-state index is 13.0. The predicted octanol–water partition coefficient (Wildman–Crippen LogP) is 2.52. The molecule has 1 aromatic carbocycles. The largest absolute Gasteiger partial charge is 0.518 e. The minimum Gasteiger partial charge on any atom is -0.431 e. The molecule has 3 aromatic rings. The Kier molecular flexibility index (Phi) is 5.20. The van der Waals surface area contributed by atoms with Gasteiger partial charge in [-0.3, -0.25) is 4.79 Å². The molecule has 0 radical (unpaired) electrons. The van der Waals surface area contributed by atoms with Crippen LogP contribution in [0.2, 0.25) is 0 Å². The molecule has 1 aliphatic heterocycles. The first-order valence-electron chi connectivity index (χ1n) is 9.22. The highest BCUT2D eigenvalue weighted by molar-refractivity contribution is 5.84.